The van der Waals surface area contributed by atoms with E-state index < -0.39 is 16.3 Å². The summed E-state index contributed by atoms with van der Waals surface area (Å²) < 4.78 is 32.8. The van der Waals surface area contributed by atoms with Gasteiger partial charge in [-0.15, -0.1) is 0 Å². The SMILES string of the molecule is CC(C)OC(=O)NS(=O)(=O)N(CC1CCCCN1)C(C)C. The monoisotopic (exact) mass is 321 g/mol. The Hall–Kier alpha value is -0.860. The van der Waals surface area contributed by atoms with E-state index in [1.165, 1.54) is 4.31 Å². The van der Waals surface area contributed by atoms with Gasteiger partial charge in [0.05, 0.1) is 6.10 Å². The average Bonchev–Trinajstić information content (AvgIpc) is 2.34. The first kappa shape index (κ1) is 18.2. The highest BCUT2D eigenvalue weighted by atomic mass is 32.2. The quantitative estimate of drug-likeness (QED) is 0.768. The van der Waals surface area contributed by atoms with Crippen LogP contribution < -0.4 is 10.0 Å². The highest BCUT2D eigenvalue weighted by molar-refractivity contribution is 7.87. The van der Waals surface area contributed by atoms with E-state index in [2.05, 4.69) is 5.32 Å². The van der Waals surface area contributed by atoms with Crippen molar-refractivity contribution in [2.45, 2.75) is 65.1 Å². The van der Waals surface area contributed by atoms with Crippen LogP contribution in [0.15, 0.2) is 0 Å². The molecule has 1 unspecified atom stereocenters. The predicted molar refractivity (Wildman–Crippen MR) is 81.2 cm³/mol. The molecule has 1 heterocycles. The number of ether oxygens (including phenoxy) is 1. The van der Waals surface area contributed by atoms with Crippen LogP contribution in [0, 0.1) is 0 Å². The van der Waals surface area contributed by atoms with Crippen molar-refractivity contribution in [3.8, 4) is 0 Å². The third-order valence-electron chi connectivity index (χ3n) is 3.25. The van der Waals surface area contributed by atoms with Gasteiger partial charge in [0.2, 0.25) is 0 Å². The zero-order valence-corrected chi connectivity index (χ0v) is 14.1. The number of carbonyl (C=O) groups is 1. The molecule has 0 aromatic rings. The molecule has 0 aromatic heterocycles. The lowest BCUT2D eigenvalue weighted by molar-refractivity contribution is 0.120. The fourth-order valence-corrected chi connectivity index (χ4v) is 3.59. The number of hydrogen-bond donors (Lipinski definition) is 2. The maximum Gasteiger partial charge on any atom is 0.422 e. The van der Waals surface area contributed by atoms with Crippen LogP contribution in [0.25, 0.3) is 0 Å². The molecule has 1 amide bonds. The lowest BCUT2D eigenvalue weighted by Crippen LogP contribution is -2.52. The molecule has 0 spiro atoms. The second-order valence-electron chi connectivity index (χ2n) is 5.87. The molecule has 1 saturated heterocycles. The van der Waals surface area contributed by atoms with Crippen LogP contribution in [0.3, 0.4) is 0 Å². The first-order valence-corrected chi connectivity index (χ1v) is 8.90. The minimum atomic E-state index is -3.90. The van der Waals surface area contributed by atoms with E-state index in [1.807, 2.05) is 4.72 Å². The van der Waals surface area contributed by atoms with E-state index in [9.17, 15) is 13.2 Å². The summed E-state index contributed by atoms with van der Waals surface area (Å²) in [5.74, 6) is 0. The average molecular weight is 321 g/mol. The van der Waals surface area contributed by atoms with Gasteiger partial charge in [0, 0.05) is 18.6 Å². The summed E-state index contributed by atoms with van der Waals surface area (Å²) in [7, 11) is -3.90. The second kappa shape index (κ2) is 7.95. The van der Waals surface area contributed by atoms with Crippen molar-refractivity contribution < 1.29 is 17.9 Å². The van der Waals surface area contributed by atoms with Crippen molar-refractivity contribution in [1.82, 2.24) is 14.3 Å². The van der Waals surface area contributed by atoms with Crippen molar-refractivity contribution >= 4 is 16.3 Å². The molecule has 0 aromatic carbocycles. The molecule has 1 atom stereocenters. The van der Waals surface area contributed by atoms with Crippen molar-refractivity contribution in [2.24, 2.45) is 0 Å². The smallest absolute Gasteiger partial charge is 0.422 e. The zero-order valence-electron chi connectivity index (χ0n) is 13.3. The number of nitrogens with zero attached hydrogens (tertiary/aromatic N) is 1. The molecule has 1 rings (SSSR count). The van der Waals surface area contributed by atoms with E-state index in [-0.39, 0.29) is 18.2 Å². The molecule has 0 saturated carbocycles. The lowest BCUT2D eigenvalue weighted by Gasteiger charge is -2.32. The van der Waals surface area contributed by atoms with Crippen LogP contribution in [0.5, 0.6) is 0 Å². The van der Waals surface area contributed by atoms with E-state index in [0.29, 0.717) is 6.54 Å². The summed E-state index contributed by atoms with van der Waals surface area (Å²) in [6, 6.07) is -0.114. The Morgan fingerprint density at radius 1 is 1.33 bits per heavy atom. The van der Waals surface area contributed by atoms with Crippen molar-refractivity contribution in [1.29, 1.82) is 0 Å². The Morgan fingerprint density at radius 2 is 2.00 bits per heavy atom. The fourth-order valence-electron chi connectivity index (χ4n) is 2.29. The minimum Gasteiger partial charge on any atom is -0.446 e. The molecular formula is C13H27N3O4S. The summed E-state index contributed by atoms with van der Waals surface area (Å²) >= 11 is 0. The van der Waals surface area contributed by atoms with Gasteiger partial charge in [-0.1, -0.05) is 6.42 Å². The topological polar surface area (TPSA) is 87.7 Å². The van der Waals surface area contributed by atoms with Crippen LogP contribution >= 0.6 is 0 Å². The Labute approximate surface area is 127 Å². The molecule has 1 fully saturated rings. The van der Waals surface area contributed by atoms with Crippen molar-refractivity contribution in [3.05, 3.63) is 0 Å². The lowest BCUT2D eigenvalue weighted by atomic mass is 10.1. The Bertz CT molecular complexity index is 431. The van der Waals surface area contributed by atoms with Gasteiger partial charge in [0.25, 0.3) is 0 Å². The van der Waals surface area contributed by atoms with E-state index in [1.54, 1.807) is 27.7 Å². The van der Waals surface area contributed by atoms with Crippen LogP contribution in [-0.2, 0) is 14.9 Å². The highest BCUT2D eigenvalue weighted by Gasteiger charge is 2.30. The maximum atomic E-state index is 12.3. The number of carbonyl (C=O) groups excluding carboxylic acids is 1. The first-order valence-electron chi connectivity index (χ1n) is 7.46. The van der Waals surface area contributed by atoms with E-state index in [4.69, 9.17) is 4.74 Å². The third kappa shape index (κ3) is 6.19. The molecule has 124 valence electrons. The first-order chi connectivity index (χ1) is 9.72. The molecule has 0 bridgehead atoms. The summed E-state index contributed by atoms with van der Waals surface area (Å²) in [5, 5.41) is 3.31. The van der Waals surface area contributed by atoms with Gasteiger partial charge in [-0.25, -0.2) is 9.52 Å². The largest absolute Gasteiger partial charge is 0.446 e. The zero-order chi connectivity index (χ0) is 16.0. The van der Waals surface area contributed by atoms with Gasteiger partial charge in [0.1, 0.15) is 0 Å². The van der Waals surface area contributed by atoms with Gasteiger partial charge >= 0.3 is 16.3 Å². The molecule has 21 heavy (non-hydrogen) atoms. The molecule has 2 N–H and O–H groups in total. The summed E-state index contributed by atoms with van der Waals surface area (Å²) in [5.41, 5.74) is 0. The molecule has 1 aliphatic heterocycles. The van der Waals surface area contributed by atoms with Crippen LogP contribution in [-0.4, -0.2) is 50.1 Å². The van der Waals surface area contributed by atoms with Crippen molar-refractivity contribution in [3.63, 3.8) is 0 Å². The predicted octanol–water partition coefficient (Wildman–Crippen LogP) is 1.22. The van der Waals surface area contributed by atoms with E-state index >= 15 is 0 Å². The molecule has 8 heteroatoms. The van der Waals surface area contributed by atoms with Gasteiger partial charge < -0.3 is 10.1 Å². The van der Waals surface area contributed by atoms with Crippen LogP contribution in [0.1, 0.15) is 47.0 Å². The summed E-state index contributed by atoms with van der Waals surface area (Å²) in [4.78, 5) is 11.5. The Balaban J connectivity index is 2.70. The number of piperidine rings is 1. The third-order valence-corrected chi connectivity index (χ3v) is 4.87. The molecule has 7 nitrogen and oxygen atoms in total. The minimum absolute atomic E-state index is 0.124. The van der Waals surface area contributed by atoms with Gasteiger partial charge in [-0.05, 0) is 47.1 Å². The number of amides is 1. The highest BCUT2D eigenvalue weighted by Crippen LogP contribution is 2.13. The van der Waals surface area contributed by atoms with Gasteiger partial charge in [-0.2, -0.15) is 12.7 Å². The Kier molecular flexibility index (Phi) is 6.89. The molecule has 0 radical (unpaired) electrons. The summed E-state index contributed by atoms with van der Waals surface area (Å²) in [6.07, 6.45) is 1.84. The summed E-state index contributed by atoms with van der Waals surface area (Å²) in [6.45, 7) is 8.16. The van der Waals surface area contributed by atoms with Crippen molar-refractivity contribution in [2.75, 3.05) is 13.1 Å². The number of rotatable bonds is 6. The molecule has 1 aliphatic rings. The number of nitrogens with one attached hydrogen (secondary N) is 2. The fraction of sp³-hybridized carbons (Fsp3) is 0.923. The normalized spacial score (nSPS) is 20.0. The van der Waals surface area contributed by atoms with E-state index in [0.717, 1.165) is 25.8 Å². The second-order valence-corrected chi connectivity index (χ2v) is 7.49. The number of hydrogen-bond acceptors (Lipinski definition) is 5. The van der Waals surface area contributed by atoms with Gasteiger partial charge in [-0.3, -0.25) is 0 Å². The standard InChI is InChI=1S/C13H27N3O4S/c1-10(2)16(9-12-7-5-6-8-14-12)21(18,19)15-13(17)20-11(3)4/h10-12,14H,5-9H2,1-4H3,(H,15,17). The Morgan fingerprint density at radius 3 is 2.48 bits per heavy atom. The van der Waals surface area contributed by atoms with Crippen LogP contribution in [0.2, 0.25) is 0 Å². The molecular weight excluding hydrogens is 294 g/mol. The molecule has 0 aliphatic carbocycles. The maximum absolute atomic E-state index is 12.3. The van der Waals surface area contributed by atoms with Gasteiger partial charge in [0.15, 0.2) is 0 Å². The van der Waals surface area contributed by atoms with Crippen LogP contribution in [0.4, 0.5) is 4.79 Å².